The number of carbonyl (C=O) groups excluding carboxylic acids is 1. The van der Waals surface area contributed by atoms with Crippen molar-refractivity contribution in [2.75, 3.05) is 38.2 Å². The summed E-state index contributed by atoms with van der Waals surface area (Å²) in [5.41, 5.74) is 4.43. The number of amides is 1. The molecule has 3 aromatic rings. The van der Waals surface area contributed by atoms with Gasteiger partial charge >= 0.3 is 0 Å². The molecule has 31 heavy (non-hydrogen) atoms. The maximum Gasteiger partial charge on any atom is 0.227 e. The summed E-state index contributed by atoms with van der Waals surface area (Å²) in [6.45, 7) is 7.41. The van der Waals surface area contributed by atoms with Crippen molar-refractivity contribution in [1.29, 1.82) is 0 Å². The van der Waals surface area contributed by atoms with Crippen molar-refractivity contribution < 1.29 is 9.53 Å². The van der Waals surface area contributed by atoms with Crippen LogP contribution in [0.4, 0.5) is 5.69 Å². The number of aryl methyl sites for hydroxylation is 2. The number of methoxy groups -OCH3 is 1. The fourth-order valence-electron chi connectivity index (χ4n) is 3.99. The molecule has 2 heterocycles. The SMILES string of the molecule is COc1ccc(N2CCCN(C(=O)Cc3sc(C)nc3-c3ccc(C)cc3)CC2)cc1. The molecule has 0 spiro atoms. The van der Waals surface area contributed by atoms with Gasteiger partial charge in [0.1, 0.15) is 5.75 Å². The summed E-state index contributed by atoms with van der Waals surface area (Å²) in [6.07, 6.45) is 1.38. The lowest BCUT2D eigenvalue weighted by Crippen LogP contribution is -2.36. The minimum Gasteiger partial charge on any atom is -0.497 e. The molecule has 1 aromatic heterocycles. The van der Waals surface area contributed by atoms with Gasteiger partial charge in [0.2, 0.25) is 5.91 Å². The molecule has 4 rings (SSSR count). The summed E-state index contributed by atoms with van der Waals surface area (Å²) in [6, 6.07) is 16.5. The molecule has 1 aliphatic heterocycles. The van der Waals surface area contributed by atoms with E-state index in [0.717, 1.165) is 59.5 Å². The lowest BCUT2D eigenvalue weighted by atomic mass is 10.1. The number of anilines is 1. The van der Waals surface area contributed by atoms with E-state index in [4.69, 9.17) is 9.72 Å². The average molecular weight is 436 g/mol. The van der Waals surface area contributed by atoms with Crippen LogP contribution in [0.3, 0.4) is 0 Å². The van der Waals surface area contributed by atoms with E-state index in [9.17, 15) is 4.79 Å². The lowest BCUT2D eigenvalue weighted by Gasteiger charge is -2.24. The van der Waals surface area contributed by atoms with Gasteiger partial charge in [-0.15, -0.1) is 11.3 Å². The number of hydrogen-bond acceptors (Lipinski definition) is 5. The molecule has 0 saturated carbocycles. The molecule has 0 unspecified atom stereocenters. The van der Waals surface area contributed by atoms with E-state index >= 15 is 0 Å². The summed E-state index contributed by atoms with van der Waals surface area (Å²) in [4.78, 5) is 23.3. The van der Waals surface area contributed by atoms with Crippen molar-refractivity contribution in [3.8, 4) is 17.0 Å². The molecule has 0 radical (unpaired) electrons. The minimum atomic E-state index is 0.189. The summed E-state index contributed by atoms with van der Waals surface area (Å²) < 4.78 is 5.26. The number of aromatic nitrogens is 1. The van der Waals surface area contributed by atoms with E-state index in [1.54, 1.807) is 18.4 Å². The maximum absolute atomic E-state index is 13.2. The van der Waals surface area contributed by atoms with Gasteiger partial charge in [-0.1, -0.05) is 29.8 Å². The van der Waals surface area contributed by atoms with E-state index in [1.807, 2.05) is 24.0 Å². The number of nitrogens with zero attached hydrogens (tertiary/aromatic N) is 3. The quantitative estimate of drug-likeness (QED) is 0.582. The maximum atomic E-state index is 13.2. The first-order chi connectivity index (χ1) is 15.0. The normalized spacial score (nSPS) is 14.4. The molecule has 2 aromatic carbocycles. The second-order valence-corrected chi connectivity index (χ2v) is 9.25. The van der Waals surface area contributed by atoms with E-state index < -0.39 is 0 Å². The van der Waals surface area contributed by atoms with Crippen LogP contribution in [0.15, 0.2) is 48.5 Å². The highest BCUT2D eigenvalue weighted by molar-refractivity contribution is 7.12. The van der Waals surface area contributed by atoms with Crippen LogP contribution in [0.5, 0.6) is 5.75 Å². The zero-order valence-electron chi connectivity index (χ0n) is 18.4. The zero-order chi connectivity index (χ0) is 21.8. The van der Waals surface area contributed by atoms with Gasteiger partial charge in [-0.2, -0.15) is 0 Å². The molecule has 1 saturated heterocycles. The standard InChI is InChI=1S/C25H29N3O2S/c1-18-5-7-20(8-6-18)25-23(31-19(2)26-25)17-24(29)28-14-4-13-27(15-16-28)21-9-11-22(30-3)12-10-21/h5-12H,4,13-17H2,1-3H3. The van der Waals surface area contributed by atoms with E-state index in [0.29, 0.717) is 6.42 Å². The van der Waals surface area contributed by atoms with E-state index in [2.05, 4.69) is 48.2 Å². The average Bonchev–Trinajstić information content (AvgIpc) is 2.99. The van der Waals surface area contributed by atoms with Crippen LogP contribution in [0.2, 0.25) is 0 Å². The minimum absolute atomic E-state index is 0.189. The van der Waals surface area contributed by atoms with E-state index in [1.165, 1.54) is 11.3 Å². The van der Waals surface area contributed by atoms with Crippen LogP contribution in [0, 0.1) is 13.8 Å². The van der Waals surface area contributed by atoms with Crippen molar-refractivity contribution in [1.82, 2.24) is 9.88 Å². The second-order valence-electron chi connectivity index (χ2n) is 7.97. The predicted octanol–water partition coefficient (Wildman–Crippen LogP) is 4.72. The Bertz CT molecular complexity index is 1030. The highest BCUT2D eigenvalue weighted by atomic mass is 32.1. The summed E-state index contributed by atoms with van der Waals surface area (Å²) >= 11 is 1.63. The Kier molecular flexibility index (Phi) is 6.56. The predicted molar refractivity (Wildman–Crippen MR) is 127 cm³/mol. The number of thiazole rings is 1. The van der Waals surface area contributed by atoms with Crippen molar-refractivity contribution in [2.45, 2.75) is 26.7 Å². The Morgan fingerprint density at radius 3 is 2.45 bits per heavy atom. The molecule has 0 aliphatic carbocycles. The zero-order valence-corrected chi connectivity index (χ0v) is 19.2. The number of hydrogen-bond donors (Lipinski definition) is 0. The van der Waals surface area contributed by atoms with Gasteiger partial charge < -0.3 is 14.5 Å². The summed E-state index contributed by atoms with van der Waals surface area (Å²) in [5.74, 6) is 1.05. The molecule has 6 heteroatoms. The van der Waals surface area contributed by atoms with Crippen LogP contribution in [0.25, 0.3) is 11.3 Å². The van der Waals surface area contributed by atoms with Gasteiger partial charge in [0, 0.05) is 42.3 Å². The molecule has 1 aliphatic rings. The molecular weight excluding hydrogens is 406 g/mol. The summed E-state index contributed by atoms with van der Waals surface area (Å²) in [5, 5.41) is 1.000. The second kappa shape index (κ2) is 9.52. The Balaban J connectivity index is 1.43. The molecule has 0 bridgehead atoms. The highest BCUT2D eigenvalue weighted by Crippen LogP contribution is 2.29. The fourth-order valence-corrected chi connectivity index (χ4v) is 4.94. The van der Waals surface area contributed by atoms with Crippen LogP contribution in [-0.2, 0) is 11.2 Å². The first-order valence-corrected chi connectivity index (χ1v) is 11.6. The number of ether oxygens (including phenoxy) is 1. The van der Waals surface area contributed by atoms with Gasteiger partial charge in [-0.3, -0.25) is 4.79 Å². The smallest absolute Gasteiger partial charge is 0.227 e. The fraction of sp³-hybridized carbons (Fsp3) is 0.360. The van der Waals surface area contributed by atoms with Gasteiger partial charge in [-0.25, -0.2) is 4.98 Å². The van der Waals surface area contributed by atoms with Crippen molar-refractivity contribution in [2.24, 2.45) is 0 Å². The van der Waals surface area contributed by atoms with Crippen LogP contribution in [0.1, 0.15) is 21.9 Å². The topological polar surface area (TPSA) is 45.7 Å². The third-order valence-electron chi connectivity index (χ3n) is 5.73. The molecule has 1 amide bonds. The number of rotatable bonds is 5. The monoisotopic (exact) mass is 435 g/mol. The van der Waals surface area contributed by atoms with Gasteiger partial charge in [0.15, 0.2) is 0 Å². The van der Waals surface area contributed by atoms with Gasteiger partial charge in [0.25, 0.3) is 0 Å². The third kappa shape index (κ3) is 5.07. The molecular formula is C25H29N3O2S. The van der Waals surface area contributed by atoms with Crippen molar-refractivity contribution in [3.63, 3.8) is 0 Å². The van der Waals surface area contributed by atoms with Crippen LogP contribution in [-0.4, -0.2) is 49.1 Å². The van der Waals surface area contributed by atoms with Crippen molar-refractivity contribution >= 4 is 22.9 Å². The first-order valence-electron chi connectivity index (χ1n) is 10.7. The Labute approximate surface area is 188 Å². The summed E-state index contributed by atoms with van der Waals surface area (Å²) in [7, 11) is 1.68. The highest BCUT2D eigenvalue weighted by Gasteiger charge is 2.22. The lowest BCUT2D eigenvalue weighted by molar-refractivity contribution is -0.130. The van der Waals surface area contributed by atoms with Gasteiger partial charge in [-0.05, 0) is 44.5 Å². The number of benzene rings is 2. The molecule has 1 fully saturated rings. The van der Waals surface area contributed by atoms with Crippen LogP contribution < -0.4 is 9.64 Å². The molecule has 162 valence electrons. The van der Waals surface area contributed by atoms with Gasteiger partial charge in [0.05, 0.1) is 24.2 Å². The Morgan fingerprint density at radius 2 is 1.74 bits per heavy atom. The molecule has 5 nitrogen and oxygen atoms in total. The molecule has 0 N–H and O–H groups in total. The van der Waals surface area contributed by atoms with Crippen molar-refractivity contribution in [3.05, 3.63) is 64.0 Å². The largest absolute Gasteiger partial charge is 0.497 e. The molecule has 0 atom stereocenters. The first kappa shape index (κ1) is 21.4. The Morgan fingerprint density at radius 1 is 1.00 bits per heavy atom. The van der Waals surface area contributed by atoms with Crippen LogP contribution >= 0.6 is 11.3 Å². The third-order valence-corrected chi connectivity index (χ3v) is 6.70. The Hall–Kier alpha value is -2.86. The van der Waals surface area contributed by atoms with E-state index in [-0.39, 0.29) is 5.91 Å². The number of carbonyl (C=O) groups is 1.